The van der Waals surface area contributed by atoms with Gasteiger partial charge < -0.3 is 20.1 Å². The van der Waals surface area contributed by atoms with Crippen LogP contribution in [-0.2, 0) is 14.3 Å². The summed E-state index contributed by atoms with van der Waals surface area (Å²) in [7, 11) is 8.36. The Balaban J connectivity index is 4.10. The topological polar surface area (TPSA) is 59.6 Å². The maximum Gasteiger partial charge on any atom is 0.238 e. The van der Waals surface area contributed by atoms with Gasteiger partial charge in [0.1, 0.15) is 0 Å². The molecule has 0 aromatic rings. The van der Waals surface area contributed by atoms with E-state index < -0.39 is 0 Å². The van der Waals surface area contributed by atoms with Gasteiger partial charge in [-0.2, -0.15) is 0 Å². The second-order valence-corrected chi connectivity index (χ2v) is 8.37. The Morgan fingerprint density at radius 1 is 1.44 bits per heavy atom. The molecule has 0 bridgehead atoms. The van der Waals surface area contributed by atoms with E-state index in [1.165, 1.54) is 0 Å². The smallest absolute Gasteiger partial charge is 0.238 e. The first-order chi connectivity index (χ1) is 8.58. The number of carbonyl (C=O) groups is 1. The Hall–Kier alpha value is 0.560. The van der Waals surface area contributed by atoms with Gasteiger partial charge in [0.05, 0.1) is 6.04 Å². The lowest BCUT2D eigenvalue weighted by Crippen LogP contribution is -2.48. The predicted molar refractivity (Wildman–Crippen MR) is 83.4 cm³/mol. The lowest BCUT2D eigenvalue weighted by atomic mass is 10.2. The van der Waals surface area contributed by atoms with Crippen molar-refractivity contribution >= 4 is 33.7 Å². The van der Waals surface area contributed by atoms with Crippen LogP contribution in [0.25, 0.3) is 0 Å². The number of hydrogen-bond acceptors (Lipinski definition) is 5. The van der Waals surface area contributed by atoms with Crippen LogP contribution in [0.3, 0.4) is 0 Å². The Labute approximate surface area is 118 Å². The quantitative estimate of drug-likeness (QED) is 0.469. The Kier molecular flexibility index (Phi) is 11.7. The van der Waals surface area contributed by atoms with E-state index in [1.807, 2.05) is 6.92 Å². The van der Waals surface area contributed by atoms with Gasteiger partial charge in [0.15, 0.2) is 6.29 Å². The molecule has 108 valence electrons. The number of ether oxygens (including phenoxy) is 2. The van der Waals surface area contributed by atoms with Gasteiger partial charge in [0.2, 0.25) is 5.91 Å². The number of likely N-dealkylation sites (N-methyl/N-ethyl adjacent to an activating group) is 1. The summed E-state index contributed by atoms with van der Waals surface area (Å²) >= 11 is 1.74. The highest BCUT2D eigenvalue weighted by Crippen LogP contribution is 2.36. The Bertz CT molecular complexity index is 233. The fraction of sp³-hybridized carbons (Fsp3) is 0.900. The fourth-order valence-electron chi connectivity index (χ4n) is 1.40. The van der Waals surface area contributed by atoms with E-state index in [1.54, 1.807) is 32.6 Å². The van der Waals surface area contributed by atoms with Gasteiger partial charge in [-0.1, -0.05) is 0 Å². The highest BCUT2D eigenvalue weighted by Gasteiger charge is 2.19. The summed E-state index contributed by atoms with van der Waals surface area (Å²) in [5, 5.41) is 5.98. The second-order valence-electron chi connectivity index (χ2n) is 3.82. The van der Waals surface area contributed by atoms with Crippen LogP contribution in [0.15, 0.2) is 0 Å². The molecule has 0 saturated heterocycles. The Morgan fingerprint density at radius 3 is 2.50 bits per heavy atom. The summed E-state index contributed by atoms with van der Waals surface area (Å²) in [6.07, 6.45) is 0.351. The van der Waals surface area contributed by atoms with Crippen molar-refractivity contribution in [3.05, 3.63) is 0 Å². The molecule has 8 heteroatoms. The van der Waals surface area contributed by atoms with E-state index in [4.69, 9.17) is 9.47 Å². The van der Waals surface area contributed by atoms with E-state index in [0.29, 0.717) is 13.9 Å². The van der Waals surface area contributed by atoms with Crippen LogP contribution in [0.5, 0.6) is 0 Å². The summed E-state index contributed by atoms with van der Waals surface area (Å²) in [5.74, 6) is 0.793. The maximum atomic E-state index is 12.0. The van der Waals surface area contributed by atoms with E-state index in [9.17, 15) is 4.79 Å². The fourth-order valence-corrected chi connectivity index (χ4v) is 3.64. The summed E-state index contributed by atoms with van der Waals surface area (Å²) < 4.78 is 10.2. The molecule has 1 amide bonds. The number of nitrogens with one attached hydrogen (secondary N) is 2. The first-order valence-corrected chi connectivity index (χ1v) is 10.2. The molecular formula is C10H24N2O3P2S. The normalized spacial score (nSPS) is 15.2. The van der Waals surface area contributed by atoms with Gasteiger partial charge in [0, 0.05) is 32.4 Å². The average molecular weight is 314 g/mol. The van der Waals surface area contributed by atoms with Gasteiger partial charge in [-0.3, -0.25) is 4.79 Å². The lowest BCUT2D eigenvalue weighted by molar-refractivity contribution is -0.126. The number of methoxy groups -OCH3 is 2. The molecule has 0 aliphatic carbocycles. The van der Waals surface area contributed by atoms with Crippen LogP contribution in [0.4, 0.5) is 0 Å². The van der Waals surface area contributed by atoms with Gasteiger partial charge in [-0.05, 0) is 21.4 Å². The van der Waals surface area contributed by atoms with E-state index in [2.05, 4.69) is 19.6 Å². The molecule has 0 saturated carbocycles. The van der Waals surface area contributed by atoms with Crippen LogP contribution in [0.2, 0.25) is 0 Å². The van der Waals surface area contributed by atoms with Crippen LogP contribution < -0.4 is 10.6 Å². The third-order valence-corrected chi connectivity index (χ3v) is 5.63. The molecule has 0 spiro atoms. The van der Waals surface area contributed by atoms with E-state index >= 15 is 0 Å². The maximum absolute atomic E-state index is 12.0. The Morgan fingerprint density at radius 2 is 2.06 bits per heavy atom. The van der Waals surface area contributed by atoms with Crippen molar-refractivity contribution in [2.45, 2.75) is 31.7 Å². The van der Waals surface area contributed by atoms with E-state index in [-0.39, 0.29) is 24.3 Å². The molecule has 0 rings (SSSR count). The van der Waals surface area contributed by atoms with Crippen molar-refractivity contribution < 1.29 is 14.3 Å². The molecule has 3 unspecified atom stereocenters. The van der Waals surface area contributed by atoms with Crippen molar-refractivity contribution in [3.8, 4) is 0 Å². The molecule has 5 nitrogen and oxygen atoms in total. The zero-order chi connectivity index (χ0) is 14.0. The number of amides is 1. The summed E-state index contributed by atoms with van der Waals surface area (Å²) in [6, 6.07) is -0.143. The lowest BCUT2D eigenvalue weighted by Gasteiger charge is -2.22. The monoisotopic (exact) mass is 314 g/mol. The number of carbonyl (C=O) groups excluding carboxylic acids is 1. The van der Waals surface area contributed by atoms with Crippen LogP contribution in [-0.4, -0.2) is 51.3 Å². The second kappa shape index (κ2) is 11.4. The van der Waals surface area contributed by atoms with Crippen LogP contribution in [0.1, 0.15) is 13.3 Å². The molecule has 4 atom stereocenters. The van der Waals surface area contributed by atoms with Crippen molar-refractivity contribution in [3.63, 3.8) is 0 Å². The SMILES string of the molecule is CN[C@@H](CSPP)C(=O)NC(C)CC(OC)OC. The van der Waals surface area contributed by atoms with Crippen molar-refractivity contribution in [1.29, 1.82) is 0 Å². The highest BCUT2D eigenvalue weighted by molar-refractivity contribution is 8.64. The largest absolute Gasteiger partial charge is 0.356 e. The molecular weight excluding hydrogens is 290 g/mol. The number of rotatable bonds is 10. The van der Waals surface area contributed by atoms with Crippen LogP contribution >= 0.6 is 27.8 Å². The predicted octanol–water partition coefficient (Wildman–Crippen LogP) is 1.20. The standard InChI is InChI=1S/C10H24N2O3P2S/c1-7(5-9(14-3)15-4)12-10(13)8(11-2)6-18-17-16/h7-9,11,17H,5-6,16H2,1-4H3,(H,12,13)/t7?,8-/m0/s1. The van der Waals surface area contributed by atoms with Gasteiger partial charge in [0.25, 0.3) is 0 Å². The van der Waals surface area contributed by atoms with Crippen molar-refractivity contribution in [1.82, 2.24) is 10.6 Å². The first kappa shape index (κ1) is 18.6. The third-order valence-electron chi connectivity index (χ3n) is 2.46. The summed E-state index contributed by atoms with van der Waals surface area (Å²) in [4.78, 5) is 12.0. The average Bonchev–Trinajstić information content (AvgIpc) is 2.36. The third kappa shape index (κ3) is 7.88. The minimum atomic E-state index is -0.281. The molecule has 0 aliphatic rings. The number of hydrogen-bond donors (Lipinski definition) is 2. The van der Waals surface area contributed by atoms with Gasteiger partial charge >= 0.3 is 0 Å². The molecule has 2 N–H and O–H groups in total. The molecule has 0 fully saturated rings. The summed E-state index contributed by atoms with van der Waals surface area (Å²) in [5.41, 5.74) is 0. The molecule has 0 radical (unpaired) electrons. The molecule has 18 heavy (non-hydrogen) atoms. The zero-order valence-corrected chi connectivity index (χ0v) is 14.3. The summed E-state index contributed by atoms with van der Waals surface area (Å²) in [6.45, 7) is 1.94. The van der Waals surface area contributed by atoms with Crippen LogP contribution in [0, 0.1) is 0 Å². The van der Waals surface area contributed by atoms with Gasteiger partial charge in [-0.25, -0.2) is 0 Å². The minimum Gasteiger partial charge on any atom is -0.356 e. The molecule has 0 aromatic heterocycles. The van der Waals surface area contributed by atoms with E-state index in [0.717, 1.165) is 5.75 Å². The molecule has 0 aromatic carbocycles. The molecule has 0 aliphatic heterocycles. The first-order valence-electron chi connectivity index (χ1n) is 5.69. The minimum absolute atomic E-state index is 0.0155. The highest BCUT2D eigenvalue weighted by atomic mass is 32.9. The van der Waals surface area contributed by atoms with Crippen molar-refractivity contribution in [2.24, 2.45) is 0 Å². The zero-order valence-electron chi connectivity index (χ0n) is 11.4. The van der Waals surface area contributed by atoms with Gasteiger partial charge in [-0.15, -0.1) is 20.3 Å². The molecule has 0 heterocycles. The van der Waals surface area contributed by atoms with Crippen molar-refractivity contribution in [2.75, 3.05) is 27.0 Å².